The molecule has 1 N–H and O–H groups in total. The number of hydrogen-bond acceptors (Lipinski definition) is 7. The minimum absolute atomic E-state index is 0.387. The van der Waals surface area contributed by atoms with Gasteiger partial charge in [0.2, 0.25) is 5.89 Å². The fraction of sp³-hybridized carbons (Fsp3) is 0.300. The van der Waals surface area contributed by atoms with Crippen molar-refractivity contribution in [2.75, 3.05) is 12.4 Å². The third-order valence-corrected chi connectivity index (χ3v) is 2.89. The lowest BCUT2D eigenvalue weighted by Crippen LogP contribution is -1.98. The number of ether oxygens (including phenoxy) is 1. The van der Waals surface area contributed by atoms with E-state index in [4.69, 9.17) is 4.42 Å². The number of esters is 1. The number of oxazole rings is 1. The van der Waals surface area contributed by atoms with Crippen molar-refractivity contribution in [2.24, 2.45) is 0 Å². The molecule has 0 saturated heterocycles. The summed E-state index contributed by atoms with van der Waals surface area (Å²) >= 11 is 1.23. The predicted molar refractivity (Wildman–Crippen MR) is 62.0 cm³/mol. The number of thiazole rings is 1. The summed E-state index contributed by atoms with van der Waals surface area (Å²) in [6, 6.07) is 0. The molecule has 90 valence electrons. The fourth-order valence-corrected chi connectivity index (χ4v) is 1.92. The van der Waals surface area contributed by atoms with Crippen molar-refractivity contribution in [1.82, 2.24) is 9.97 Å². The van der Waals surface area contributed by atoms with Gasteiger partial charge in [-0.25, -0.2) is 14.8 Å². The van der Waals surface area contributed by atoms with E-state index in [1.54, 1.807) is 6.20 Å². The number of rotatable bonds is 4. The molecule has 0 bridgehead atoms. The van der Waals surface area contributed by atoms with Gasteiger partial charge in [-0.1, -0.05) is 11.3 Å². The smallest absolute Gasteiger partial charge is 0.349 e. The molecule has 2 rings (SSSR count). The first-order valence-corrected chi connectivity index (χ1v) is 5.70. The number of carbonyl (C=O) groups excluding carboxylic acids is 1. The lowest BCUT2D eigenvalue weighted by atomic mass is 10.6. The Hall–Kier alpha value is -1.89. The van der Waals surface area contributed by atoms with E-state index in [1.807, 2.05) is 6.92 Å². The van der Waals surface area contributed by atoms with Gasteiger partial charge in [0.15, 0.2) is 5.13 Å². The van der Waals surface area contributed by atoms with E-state index < -0.39 is 0 Å². The molecule has 7 heteroatoms. The van der Waals surface area contributed by atoms with Gasteiger partial charge in [0.1, 0.15) is 10.6 Å². The van der Waals surface area contributed by atoms with Crippen LogP contribution in [0.15, 0.2) is 16.8 Å². The van der Waals surface area contributed by atoms with Crippen LogP contribution in [0.5, 0.6) is 0 Å². The van der Waals surface area contributed by atoms with Crippen molar-refractivity contribution >= 4 is 22.4 Å². The fourth-order valence-electron chi connectivity index (χ4n) is 1.19. The summed E-state index contributed by atoms with van der Waals surface area (Å²) in [6.45, 7) is 2.26. The third-order valence-electron chi connectivity index (χ3n) is 1.95. The summed E-state index contributed by atoms with van der Waals surface area (Å²) < 4.78 is 9.88. The van der Waals surface area contributed by atoms with E-state index in [9.17, 15) is 4.79 Å². The molecule has 0 aliphatic rings. The van der Waals surface area contributed by atoms with Crippen LogP contribution in [0.4, 0.5) is 5.13 Å². The maximum Gasteiger partial charge on any atom is 0.349 e. The molecule has 0 amide bonds. The van der Waals surface area contributed by atoms with E-state index >= 15 is 0 Å². The van der Waals surface area contributed by atoms with Crippen LogP contribution in [0, 0.1) is 6.92 Å². The zero-order chi connectivity index (χ0) is 12.3. The Bertz CT molecular complexity index is 520. The number of hydrogen-bond donors (Lipinski definition) is 1. The molecule has 0 fully saturated rings. The summed E-state index contributed by atoms with van der Waals surface area (Å²) in [6.07, 6.45) is 3.12. The van der Waals surface area contributed by atoms with Gasteiger partial charge in [0.25, 0.3) is 0 Å². The minimum atomic E-state index is -0.387. The Morgan fingerprint density at radius 3 is 3.00 bits per heavy atom. The SMILES string of the molecule is COC(=O)c1cnc(NCc2ncc(C)o2)s1. The maximum absolute atomic E-state index is 11.2. The normalized spacial score (nSPS) is 10.2. The lowest BCUT2D eigenvalue weighted by Gasteiger charge is -1.97. The number of anilines is 1. The van der Waals surface area contributed by atoms with Crippen LogP contribution < -0.4 is 5.32 Å². The van der Waals surface area contributed by atoms with Gasteiger partial charge < -0.3 is 14.5 Å². The predicted octanol–water partition coefficient (Wildman–Crippen LogP) is 1.84. The average molecular weight is 253 g/mol. The molecule has 2 aromatic heterocycles. The van der Waals surface area contributed by atoms with Gasteiger partial charge in [-0.15, -0.1) is 0 Å². The first-order valence-electron chi connectivity index (χ1n) is 4.88. The largest absolute Gasteiger partial charge is 0.465 e. The highest BCUT2D eigenvalue weighted by molar-refractivity contribution is 7.17. The molecule has 0 aliphatic carbocycles. The molecule has 6 nitrogen and oxygen atoms in total. The number of methoxy groups -OCH3 is 1. The lowest BCUT2D eigenvalue weighted by molar-refractivity contribution is 0.0606. The zero-order valence-electron chi connectivity index (χ0n) is 9.39. The highest BCUT2D eigenvalue weighted by Crippen LogP contribution is 2.19. The van der Waals surface area contributed by atoms with Gasteiger partial charge in [-0.3, -0.25) is 0 Å². The summed E-state index contributed by atoms with van der Waals surface area (Å²) in [5.74, 6) is 0.955. The average Bonchev–Trinajstić information content (AvgIpc) is 2.94. The van der Waals surface area contributed by atoms with Crippen LogP contribution in [0.1, 0.15) is 21.3 Å². The Kier molecular flexibility index (Phi) is 3.38. The van der Waals surface area contributed by atoms with Crippen LogP contribution in [-0.2, 0) is 11.3 Å². The van der Waals surface area contributed by atoms with E-state index in [1.165, 1.54) is 24.6 Å². The van der Waals surface area contributed by atoms with Crippen LogP contribution in [0.3, 0.4) is 0 Å². The van der Waals surface area contributed by atoms with E-state index in [2.05, 4.69) is 20.0 Å². The molecule has 0 aliphatic heterocycles. The number of carbonyl (C=O) groups is 1. The van der Waals surface area contributed by atoms with Gasteiger partial charge in [-0.05, 0) is 6.92 Å². The monoisotopic (exact) mass is 253 g/mol. The minimum Gasteiger partial charge on any atom is -0.465 e. The van der Waals surface area contributed by atoms with Gasteiger partial charge in [0.05, 0.1) is 26.0 Å². The standard InChI is InChI=1S/C10H11N3O3S/c1-6-3-11-8(16-6)5-13-10-12-4-7(17-10)9(14)15-2/h3-4H,5H2,1-2H3,(H,12,13). The number of aryl methyl sites for hydroxylation is 1. The second-order valence-corrected chi connectivity index (χ2v) is 4.27. The van der Waals surface area contributed by atoms with E-state index in [-0.39, 0.29) is 5.97 Å². The molecule has 0 radical (unpaired) electrons. The molecule has 17 heavy (non-hydrogen) atoms. The number of nitrogens with one attached hydrogen (secondary N) is 1. The van der Waals surface area contributed by atoms with E-state index in [0.717, 1.165) is 5.76 Å². The third kappa shape index (κ3) is 2.82. The van der Waals surface area contributed by atoms with E-state index in [0.29, 0.717) is 22.4 Å². The molecule has 0 spiro atoms. The first kappa shape index (κ1) is 11.6. The zero-order valence-corrected chi connectivity index (χ0v) is 10.2. The van der Waals surface area contributed by atoms with Gasteiger partial charge in [-0.2, -0.15) is 0 Å². The highest BCUT2D eigenvalue weighted by Gasteiger charge is 2.10. The molecule has 0 atom stereocenters. The van der Waals surface area contributed by atoms with Crippen molar-refractivity contribution in [2.45, 2.75) is 13.5 Å². The molecular formula is C10H11N3O3S. The topological polar surface area (TPSA) is 77.2 Å². The van der Waals surface area contributed by atoms with Crippen molar-refractivity contribution < 1.29 is 13.9 Å². The van der Waals surface area contributed by atoms with Crippen LogP contribution in [0.2, 0.25) is 0 Å². The molecular weight excluding hydrogens is 242 g/mol. The maximum atomic E-state index is 11.2. The number of aromatic nitrogens is 2. The quantitative estimate of drug-likeness (QED) is 0.838. The Labute approximate surface area is 102 Å². The molecule has 2 heterocycles. The second kappa shape index (κ2) is 4.96. The van der Waals surface area contributed by atoms with Crippen molar-refractivity contribution in [3.8, 4) is 0 Å². The molecule has 0 saturated carbocycles. The van der Waals surface area contributed by atoms with Crippen molar-refractivity contribution in [3.05, 3.63) is 28.9 Å². The Morgan fingerprint density at radius 2 is 2.35 bits per heavy atom. The molecule has 2 aromatic rings. The summed E-state index contributed by atoms with van der Waals surface area (Å²) in [5.41, 5.74) is 0. The van der Waals surface area contributed by atoms with Gasteiger partial charge >= 0.3 is 5.97 Å². The first-order chi connectivity index (χ1) is 8.19. The number of nitrogens with zero attached hydrogens (tertiary/aromatic N) is 2. The van der Waals surface area contributed by atoms with Crippen molar-refractivity contribution in [1.29, 1.82) is 0 Å². The highest BCUT2D eigenvalue weighted by atomic mass is 32.1. The summed E-state index contributed by atoms with van der Waals surface area (Å²) in [7, 11) is 1.34. The Morgan fingerprint density at radius 1 is 1.53 bits per heavy atom. The van der Waals surface area contributed by atoms with Crippen molar-refractivity contribution in [3.63, 3.8) is 0 Å². The van der Waals surface area contributed by atoms with Crippen LogP contribution in [-0.4, -0.2) is 23.0 Å². The summed E-state index contributed by atoms with van der Waals surface area (Å²) in [4.78, 5) is 19.7. The van der Waals surface area contributed by atoms with Crippen LogP contribution >= 0.6 is 11.3 Å². The molecule has 0 unspecified atom stereocenters. The van der Waals surface area contributed by atoms with Gasteiger partial charge in [0, 0.05) is 0 Å². The van der Waals surface area contributed by atoms with Crippen LogP contribution in [0.25, 0.3) is 0 Å². The summed E-state index contributed by atoms with van der Waals surface area (Å²) in [5, 5.41) is 3.64. The Balaban J connectivity index is 1.95. The second-order valence-electron chi connectivity index (χ2n) is 3.24. The molecule has 0 aromatic carbocycles.